The summed E-state index contributed by atoms with van der Waals surface area (Å²) in [5, 5.41) is 52.3. The van der Waals surface area contributed by atoms with Gasteiger partial charge in [-0.25, -0.2) is 22.0 Å². The minimum absolute atomic E-state index is 0.137. The fraction of sp³-hybridized carbons (Fsp3) is 0.556. The number of rotatable bonds is 4. The molecule has 2 rings (SSSR count). The van der Waals surface area contributed by atoms with Crippen molar-refractivity contribution in [2.24, 2.45) is 5.14 Å². The van der Waals surface area contributed by atoms with E-state index >= 15 is 0 Å². The number of hydrogen-bond acceptors (Lipinski definition) is 11. The average Bonchev–Trinajstić information content (AvgIpc) is 2.77. The highest BCUT2D eigenvalue weighted by Gasteiger charge is 2.49. The molecule has 1 unspecified atom stereocenters. The number of nitrogens with one attached hydrogen (secondary N) is 1. The Morgan fingerprint density at radius 2 is 1.83 bits per heavy atom. The summed E-state index contributed by atoms with van der Waals surface area (Å²) < 4.78 is 45.9. The van der Waals surface area contributed by atoms with Gasteiger partial charge in [0.05, 0.1) is 5.75 Å². The lowest BCUT2D eigenvalue weighted by Crippen LogP contribution is -2.64. The van der Waals surface area contributed by atoms with E-state index in [4.69, 9.17) is 20.5 Å². The van der Waals surface area contributed by atoms with Crippen molar-refractivity contribution in [1.82, 2.24) is 5.32 Å². The summed E-state index contributed by atoms with van der Waals surface area (Å²) in [4.78, 5) is 0. The van der Waals surface area contributed by atoms with E-state index in [-0.39, 0.29) is 16.2 Å². The van der Waals surface area contributed by atoms with Gasteiger partial charge in [-0.05, 0) is 12.5 Å². The van der Waals surface area contributed by atoms with Gasteiger partial charge in [0.1, 0.15) is 8.42 Å². The normalized spacial score (nSPS) is 21.9. The molecule has 1 aromatic rings. The van der Waals surface area contributed by atoms with E-state index in [1.165, 1.54) is 0 Å². The summed E-state index contributed by atoms with van der Waals surface area (Å²) >= 11 is 0.395. The zero-order valence-corrected chi connectivity index (χ0v) is 13.7. The Kier molecular flexibility index (Phi) is 4.39. The van der Waals surface area contributed by atoms with Gasteiger partial charge in [-0.3, -0.25) is 5.32 Å². The number of aliphatic hydroxyl groups is 5. The molecule has 0 aromatic carbocycles. The van der Waals surface area contributed by atoms with Crippen LogP contribution in [0.25, 0.3) is 0 Å². The Balaban J connectivity index is 2.51. The Morgan fingerprint density at radius 1 is 1.26 bits per heavy atom. The predicted octanol–water partition coefficient (Wildman–Crippen LogP) is -3.53. The standard InChI is InChI=1S/C9H14N2O9S3/c10-23(19,20)6-3-4-5(11-8(12,13)9(14,15)16)1-2-22(17,18)7(4)21-6/h3,5,11-16H,1-2H2,(H2,10,19,20). The Bertz CT molecular complexity index is 819. The molecule has 0 bridgehead atoms. The molecule has 11 nitrogen and oxygen atoms in total. The molecule has 0 radical (unpaired) electrons. The summed E-state index contributed by atoms with van der Waals surface area (Å²) in [5.41, 5.74) is -0.137. The molecule has 132 valence electrons. The molecule has 2 heterocycles. The molecule has 1 aromatic heterocycles. The molecule has 0 spiro atoms. The Morgan fingerprint density at radius 3 is 2.30 bits per heavy atom. The first kappa shape index (κ1) is 18.7. The van der Waals surface area contributed by atoms with Crippen molar-refractivity contribution in [2.45, 2.75) is 32.8 Å². The van der Waals surface area contributed by atoms with Gasteiger partial charge in [0, 0.05) is 11.6 Å². The van der Waals surface area contributed by atoms with E-state index in [1.54, 1.807) is 0 Å². The maximum atomic E-state index is 12.0. The first-order valence-corrected chi connectivity index (χ1v) is 9.95. The zero-order chi connectivity index (χ0) is 17.8. The quantitative estimate of drug-likeness (QED) is 0.252. The largest absolute Gasteiger partial charge is 0.348 e. The monoisotopic (exact) mass is 390 g/mol. The molecule has 0 aliphatic carbocycles. The van der Waals surface area contributed by atoms with Crippen LogP contribution in [0.4, 0.5) is 0 Å². The highest BCUT2D eigenvalue weighted by atomic mass is 32.3. The second-order valence-electron chi connectivity index (χ2n) is 4.97. The smallest absolute Gasteiger partial charge is 0.347 e. The van der Waals surface area contributed by atoms with E-state index in [9.17, 15) is 27.0 Å². The summed E-state index contributed by atoms with van der Waals surface area (Å²) in [6.45, 7) is 0. The lowest BCUT2D eigenvalue weighted by molar-refractivity contribution is -0.457. The third-order valence-corrected chi connectivity index (χ3v) is 8.11. The minimum atomic E-state index is -4.19. The van der Waals surface area contributed by atoms with Gasteiger partial charge in [-0.1, -0.05) is 0 Å². The van der Waals surface area contributed by atoms with E-state index in [2.05, 4.69) is 0 Å². The molecule has 0 saturated heterocycles. The van der Waals surface area contributed by atoms with E-state index in [0.29, 0.717) is 11.3 Å². The van der Waals surface area contributed by atoms with Crippen molar-refractivity contribution in [3.05, 3.63) is 11.6 Å². The molecular weight excluding hydrogens is 376 g/mol. The summed E-state index contributed by atoms with van der Waals surface area (Å²) in [6.07, 6.45) is -0.241. The second kappa shape index (κ2) is 5.41. The van der Waals surface area contributed by atoms with Gasteiger partial charge in [0.15, 0.2) is 9.84 Å². The van der Waals surface area contributed by atoms with Crippen LogP contribution in [0.3, 0.4) is 0 Å². The number of nitrogens with two attached hydrogens (primary N) is 1. The minimum Gasteiger partial charge on any atom is -0.347 e. The van der Waals surface area contributed by atoms with E-state index in [0.717, 1.165) is 6.07 Å². The molecule has 1 aliphatic rings. The SMILES string of the molecule is NS(=O)(=O)c1cc2c(s1)S(=O)(=O)CCC2NC(O)(O)C(O)(O)O. The first-order chi connectivity index (χ1) is 10.2. The van der Waals surface area contributed by atoms with Crippen LogP contribution in [0.1, 0.15) is 18.0 Å². The van der Waals surface area contributed by atoms with Gasteiger partial charge < -0.3 is 25.5 Å². The molecule has 1 aliphatic heterocycles. The van der Waals surface area contributed by atoms with Crippen LogP contribution in [0, 0.1) is 0 Å². The van der Waals surface area contributed by atoms with Crippen LogP contribution in [-0.2, 0) is 19.9 Å². The molecule has 8 N–H and O–H groups in total. The van der Waals surface area contributed by atoms with Crippen molar-refractivity contribution >= 4 is 31.2 Å². The van der Waals surface area contributed by atoms with Crippen molar-refractivity contribution in [3.8, 4) is 0 Å². The zero-order valence-electron chi connectivity index (χ0n) is 11.2. The average molecular weight is 390 g/mol. The molecular formula is C9H14N2O9S3. The van der Waals surface area contributed by atoms with Crippen molar-refractivity contribution in [2.75, 3.05) is 5.75 Å². The molecule has 1 atom stereocenters. The van der Waals surface area contributed by atoms with Crippen LogP contribution >= 0.6 is 11.3 Å². The fourth-order valence-corrected chi connectivity index (χ4v) is 6.17. The van der Waals surface area contributed by atoms with Gasteiger partial charge in [0.2, 0.25) is 10.0 Å². The van der Waals surface area contributed by atoms with E-state index in [1.807, 2.05) is 5.32 Å². The van der Waals surface area contributed by atoms with Crippen LogP contribution in [-0.4, -0.2) is 60.0 Å². The van der Waals surface area contributed by atoms with Crippen LogP contribution in [0.5, 0.6) is 0 Å². The molecule has 23 heavy (non-hydrogen) atoms. The number of hydrogen-bond donors (Lipinski definition) is 7. The number of sulfone groups is 1. The molecule has 14 heteroatoms. The van der Waals surface area contributed by atoms with Gasteiger partial charge in [0.25, 0.3) is 0 Å². The number of fused-ring (bicyclic) bond motifs is 1. The van der Waals surface area contributed by atoms with Crippen LogP contribution in [0.2, 0.25) is 0 Å². The van der Waals surface area contributed by atoms with E-state index < -0.39 is 47.7 Å². The summed E-state index contributed by atoms with van der Waals surface area (Å²) in [6, 6.07) is -0.255. The highest BCUT2D eigenvalue weighted by Crippen LogP contribution is 2.40. The predicted molar refractivity (Wildman–Crippen MR) is 74.8 cm³/mol. The van der Waals surface area contributed by atoms with Gasteiger partial charge in [-0.2, -0.15) is 0 Å². The topological polar surface area (TPSA) is 207 Å². The lowest BCUT2D eigenvalue weighted by atomic mass is 10.1. The summed E-state index contributed by atoms with van der Waals surface area (Å²) in [7, 11) is -7.99. The van der Waals surface area contributed by atoms with Crippen molar-refractivity contribution < 1.29 is 42.4 Å². The third-order valence-electron chi connectivity index (χ3n) is 3.16. The number of sulfonamides is 1. The number of primary sulfonamides is 1. The van der Waals surface area contributed by atoms with Gasteiger partial charge >= 0.3 is 11.9 Å². The first-order valence-electron chi connectivity index (χ1n) is 5.94. The molecule has 0 amide bonds. The maximum absolute atomic E-state index is 12.0. The summed E-state index contributed by atoms with van der Waals surface area (Å²) in [5.74, 6) is -8.00. The van der Waals surface area contributed by atoms with Crippen molar-refractivity contribution in [3.63, 3.8) is 0 Å². The lowest BCUT2D eigenvalue weighted by Gasteiger charge is -2.35. The van der Waals surface area contributed by atoms with Crippen LogP contribution in [0.15, 0.2) is 14.5 Å². The van der Waals surface area contributed by atoms with Crippen LogP contribution < -0.4 is 10.5 Å². The van der Waals surface area contributed by atoms with Crippen molar-refractivity contribution in [1.29, 1.82) is 0 Å². The fourth-order valence-electron chi connectivity index (χ4n) is 2.00. The molecule has 0 fully saturated rings. The second-order valence-corrected chi connectivity index (χ2v) is 10.1. The van der Waals surface area contributed by atoms with Gasteiger partial charge in [-0.15, -0.1) is 11.3 Å². The number of thiophene rings is 1. The Labute approximate surface area is 134 Å². The maximum Gasteiger partial charge on any atom is 0.348 e. The third kappa shape index (κ3) is 3.55. The highest BCUT2D eigenvalue weighted by molar-refractivity contribution is 7.95. The molecule has 0 saturated carbocycles. The Hall–Kier alpha value is -0.680.